The van der Waals surface area contributed by atoms with Crippen LogP contribution in [0.15, 0.2) is 6.20 Å². The summed E-state index contributed by atoms with van der Waals surface area (Å²) >= 11 is 0. The lowest BCUT2D eigenvalue weighted by Gasteiger charge is -2.43. The Labute approximate surface area is 127 Å². The van der Waals surface area contributed by atoms with Crippen LogP contribution in [0.3, 0.4) is 0 Å². The second-order valence-corrected chi connectivity index (χ2v) is 5.81. The maximum atomic E-state index is 12.2. The third-order valence-electron chi connectivity index (χ3n) is 4.30. The molecular weight excluding hydrogens is 286 g/mol. The topological polar surface area (TPSA) is 98.4 Å². The summed E-state index contributed by atoms with van der Waals surface area (Å²) in [6.07, 6.45) is 1.78. The number of carbonyl (C=O) groups is 3. The lowest BCUT2D eigenvalue weighted by molar-refractivity contribution is -0.132. The molecule has 0 aromatic carbocycles. The fourth-order valence-electron chi connectivity index (χ4n) is 2.98. The molecule has 2 fully saturated rings. The maximum Gasteiger partial charge on any atom is 0.272 e. The molecule has 0 spiro atoms. The summed E-state index contributed by atoms with van der Waals surface area (Å²) in [6, 6.07) is 0.00937. The van der Waals surface area contributed by atoms with Crippen molar-refractivity contribution in [1.82, 2.24) is 25.1 Å². The van der Waals surface area contributed by atoms with Crippen LogP contribution in [-0.4, -0.2) is 70.2 Å². The highest BCUT2D eigenvalue weighted by Gasteiger charge is 2.43. The number of H-pyrrole nitrogens is 1. The van der Waals surface area contributed by atoms with Crippen molar-refractivity contribution in [3.8, 4) is 0 Å². The van der Waals surface area contributed by atoms with Crippen LogP contribution in [0.5, 0.6) is 0 Å². The zero-order valence-corrected chi connectivity index (χ0v) is 12.6. The van der Waals surface area contributed by atoms with Gasteiger partial charge in [0.05, 0.1) is 18.2 Å². The second-order valence-electron chi connectivity index (χ2n) is 5.81. The van der Waals surface area contributed by atoms with Gasteiger partial charge in [0.15, 0.2) is 0 Å². The minimum atomic E-state index is -0.280. The minimum absolute atomic E-state index is 0.00937. The van der Waals surface area contributed by atoms with E-state index in [1.54, 1.807) is 23.8 Å². The quantitative estimate of drug-likeness (QED) is 0.759. The van der Waals surface area contributed by atoms with Gasteiger partial charge in [0.2, 0.25) is 11.8 Å². The lowest BCUT2D eigenvalue weighted by Crippen LogP contribution is -2.61. The molecule has 0 radical (unpaired) electrons. The molecule has 8 nitrogen and oxygen atoms in total. The van der Waals surface area contributed by atoms with Gasteiger partial charge in [-0.15, -0.1) is 0 Å². The van der Waals surface area contributed by atoms with Gasteiger partial charge >= 0.3 is 0 Å². The molecule has 1 unspecified atom stereocenters. The number of hydrogen-bond donors (Lipinski definition) is 2. The first-order valence-electron chi connectivity index (χ1n) is 7.31. The Bertz CT molecular complexity index is 620. The van der Waals surface area contributed by atoms with Gasteiger partial charge in [0.25, 0.3) is 5.91 Å². The molecule has 8 heteroatoms. The van der Waals surface area contributed by atoms with Gasteiger partial charge in [-0.05, 0) is 6.92 Å². The number of aromatic nitrogens is 2. The number of likely N-dealkylation sites (tertiary alicyclic amines) is 2. The largest absolute Gasteiger partial charge is 0.359 e. The lowest BCUT2D eigenvalue weighted by atomic mass is 10.1. The molecule has 3 heterocycles. The summed E-state index contributed by atoms with van der Waals surface area (Å²) in [5.41, 5.74) is 0.465. The number of nitrogens with zero attached hydrogens (tertiary/aromatic N) is 3. The highest BCUT2D eigenvalue weighted by atomic mass is 16.2. The zero-order chi connectivity index (χ0) is 15.9. The molecule has 3 amide bonds. The highest BCUT2D eigenvalue weighted by Crippen LogP contribution is 2.25. The van der Waals surface area contributed by atoms with E-state index in [2.05, 4.69) is 15.3 Å². The van der Waals surface area contributed by atoms with Crippen LogP contribution in [-0.2, 0) is 9.59 Å². The molecule has 2 aliphatic rings. The Morgan fingerprint density at radius 2 is 2.09 bits per heavy atom. The van der Waals surface area contributed by atoms with Crippen molar-refractivity contribution in [3.63, 3.8) is 0 Å². The Morgan fingerprint density at radius 3 is 2.68 bits per heavy atom. The molecular formula is C14H19N5O3. The zero-order valence-electron chi connectivity index (χ0n) is 12.6. The first kappa shape index (κ1) is 14.6. The SMILES string of the molecule is CNC(=O)C1CC(=O)N(C2CN(C(=O)c3cnc(C)[nH]3)C2)C1. The molecule has 1 aromatic heterocycles. The van der Waals surface area contributed by atoms with Crippen molar-refractivity contribution in [1.29, 1.82) is 0 Å². The Hall–Kier alpha value is -2.38. The van der Waals surface area contributed by atoms with Crippen LogP contribution in [0.4, 0.5) is 0 Å². The Morgan fingerprint density at radius 1 is 1.36 bits per heavy atom. The summed E-state index contributed by atoms with van der Waals surface area (Å²) in [6.45, 7) is 3.23. The summed E-state index contributed by atoms with van der Waals surface area (Å²) in [4.78, 5) is 46.2. The summed E-state index contributed by atoms with van der Waals surface area (Å²) < 4.78 is 0. The predicted molar refractivity (Wildman–Crippen MR) is 76.9 cm³/mol. The second kappa shape index (κ2) is 5.43. The van der Waals surface area contributed by atoms with E-state index in [9.17, 15) is 14.4 Å². The first-order valence-corrected chi connectivity index (χ1v) is 7.31. The van der Waals surface area contributed by atoms with E-state index in [0.29, 0.717) is 31.2 Å². The highest BCUT2D eigenvalue weighted by molar-refractivity contribution is 5.93. The van der Waals surface area contributed by atoms with Crippen LogP contribution in [0.1, 0.15) is 22.7 Å². The maximum absolute atomic E-state index is 12.2. The van der Waals surface area contributed by atoms with Gasteiger partial charge in [-0.1, -0.05) is 0 Å². The van der Waals surface area contributed by atoms with Crippen molar-refractivity contribution in [2.24, 2.45) is 5.92 Å². The van der Waals surface area contributed by atoms with Gasteiger partial charge in [-0.2, -0.15) is 0 Å². The Balaban J connectivity index is 1.56. The standard InChI is InChI=1S/C14H19N5O3/c1-8-16-4-11(17-8)14(22)18-6-10(7-18)19-5-9(3-12(19)20)13(21)15-2/h4,9-10H,3,5-7H2,1-2H3,(H,15,21)(H,16,17). The predicted octanol–water partition coefficient (Wildman–Crippen LogP) is -0.863. The average molecular weight is 305 g/mol. The van der Waals surface area contributed by atoms with Crippen LogP contribution in [0, 0.1) is 12.8 Å². The molecule has 2 saturated heterocycles. The van der Waals surface area contributed by atoms with Crippen molar-refractivity contribution >= 4 is 17.7 Å². The van der Waals surface area contributed by atoms with Gasteiger partial charge in [-0.3, -0.25) is 14.4 Å². The molecule has 3 rings (SSSR count). The summed E-state index contributed by atoms with van der Waals surface area (Å²) in [5.74, 6) is 0.201. The van der Waals surface area contributed by atoms with E-state index in [1.807, 2.05) is 0 Å². The molecule has 0 aliphatic carbocycles. The average Bonchev–Trinajstić information content (AvgIpc) is 3.03. The molecule has 0 bridgehead atoms. The van der Waals surface area contributed by atoms with Gasteiger partial charge in [-0.25, -0.2) is 4.98 Å². The van der Waals surface area contributed by atoms with Crippen LogP contribution in [0.2, 0.25) is 0 Å². The molecule has 118 valence electrons. The number of carbonyl (C=O) groups excluding carboxylic acids is 3. The molecule has 2 aliphatic heterocycles. The van der Waals surface area contributed by atoms with E-state index >= 15 is 0 Å². The third-order valence-corrected chi connectivity index (χ3v) is 4.30. The van der Waals surface area contributed by atoms with Crippen LogP contribution in [0.25, 0.3) is 0 Å². The fourth-order valence-corrected chi connectivity index (χ4v) is 2.98. The number of aryl methyl sites for hydroxylation is 1. The number of aromatic amines is 1. The Kier molecular flexibility index (Phi) is 3.59. The molecule has 1 aromatic rings. The van der Waals surface area contributed by atoms with Crippen molar-refractivity contribution < 1.29 is 14.4 Å². The monoisotopic (exact) mass is 305 g/mol. The molecule has 1 atom stereocenters. The summed E-state index contributed by atoms with van der Waals surface area (Å²) in [5, 5.41) is 2.58. The van der Waals surface area contributed by atoms with Crippen molar-refractivity contribution in [2.75, 3.05) is 26.7 Å². The van der Waals surface area contributed by atoms with Gasteiger partial charge < -0.3 is 20.1 Å². The molecule has 0 saturated carbocycles. The number of imidazole rings is 1. The van der Waals surface area contributed by atoms with E-state index in [1.165, 1.54) is 6.20 Å². The van der Waals surface area contributed by atoms with E-state index in [0.717, 1.165) is 0 Å². The number of rotatable bonds is 3. The van der Waals surface area contributed by atoms with Crippen molar-refractivity contribution in [2.45, 2.75) is 19.4 Å². The third kappa shape index (κ3) is 2.44. The number of hydrogen-bond acceptors (Lipinski definition) is 4. The molecule has 2 N–H and O–H groups in total. The van der Waals surface area contributed by atoms with E-state index in [-0.39, 0.29) is 36.1 Å². The van der Waals surface area contributed by atoms with Crippen LogP contribution >= 0.6 is 0 Å². The molecule has 22 heavy (non-hydrogen) atoms. The fraction of sp³-hybridized carbons (Fsp3) is 0.571. The van der Waals surface area contributed by atoms with Gasteiger partial charge in [0, 0.05) is 33.1 Å². The number of amides is 3. The summed E-state index contributed by atoms with van der Waals surface area (Å²) in [7, 11) is 1.58. The smallest absolute Gasteiger partial charge is 0.272 e. The number of nitrogens with one attached hydrogen (secondary N) is 2. The first-order chi connectivity index (χ1) is 10.5. The van der Waals surface area contributed by atoms with Crippen LogP contribution < -0.4 is 5.32 Å². The van der Waals surface area contributed by atoms with E-state index in [4.69, 9.17) is 0 Å². The van der Waals surface area contributed by atoms with Gasteiger partial charge in [0.1, 0.15) is 11.5 Å². The normalized spacial score (nSPS) is 21.9. The minimum Gasteiger partial charge on any atom is -0.359 e. The van der Waals surface area contributed by atoms with E-state index < -0.39 is 0 Å². The van der Waals surface area contributed by atoms with Crippen molar-refractivity contribution in [3.05, 3.63) is 17.7 Å².